The molecule has 1 aromatic carbocycles. The first kappa shape index (κ1) is 14.4. The highest BCUT2D eigenvalue weighted by Gasteiger charge is 2.11. The number of nitrogens with one attached hydrogen (secondary N) is 1. The molecule has 4 N–H and O–H groups in total. The van der Waals surface area contributed by atoms with E-state index in [1.807, 2.05) is 13.0 Å². The van der Waals surface area contributed by atoms with Crippen molar-refractivity contribution in [2.24, 2.45) is 0 Å². The quantitative estimate of drug-likeness (QED) is 0.737. The number of rotatable bonds is 5. The van der Waals surface area contributed by atoms with E-state index >= 15 is 0 Å². The predicted octanol–water partition coefficient (Wildman–Crippen LogP) is 3.51. The van der Waals surface area contributed by atoms with E-state index in [0.29, 0.717) is 12.2 Å². The molecule has 0 amide bonds. The summed E-state index contributed by atoms with van der Waals surface area (Å²) >= 11 is 1.77. The van der Waals surface area contributed by atoms with Crippen molar-refractivity contribution in [2.75, 3.05) is 11.1 Å². The molecule has 0 spiro atoms. The number of anilines is 2. The highest BCUT2D eigenvalue weighted by atomic mass is 32.1. The van der Waals surface area contributed by atoms with Gasteiger partial charge in [0.1, 0.15) is 0 Å². The van der Waals surface area contributed by atoms with Crippen LogP contribution in [-0.4, -0.2) is 11.1 Å². The summed E-state index contributed by atoms with van der Waals surface area (Å²) in [5.74, 6) is -1.00. The molecule has 2 rings (SSSR count). The van der Waals surface area contributed by atoms with Gasteiger partial charge in [0.15, 0.2) is 0 Å². The summed E-state index contributed by atoms with van der Waals surface area (Å²) < 4.78 is 0. The zero-order valence-corrected chi connectivity index (χ0v) is 12.4. The Morgan fingerprint density at radius 3 is 2.65 bits per heavy atom. The molecule has 0 bridgehead atoms. The molecule has 5 heteroatoms. The van der Waals surface area contributed by atoms with Gasteiger partial charge < -0.3 is 16.2 Å². The van der Waals surface area contributed by atoms with Gasteiger partial charge in [0.2, 0.25) is 0 Å². The zero-order chi connectivity index (χ0) is 14.7. The fraction of sp³-hybridized carbons (Fsp3) is 0.267. The third-order valence-electron chi connectivity index (χ3n) is 3.15. The fourth-order valence-electron chi connectivity index (χ4n) is 1.97. The Balaban J connectivity index is 2.15. The lowest BCUT2D eigenvalue weighted by atomic mass is 10.1. The molecule has 106 valence electrons. The number of hydrogen-bond acceptors (Lipinski definition) is 4. The van der Waals surface area contributed by atoms with E-state index in [2.05, 4.69) is 24.4 Å². The average molecular weight is 290 g/mol. The van der Waals surface area contributed by atoms with Crippen LogP contribution in [0.1, 0.15) is 32.6 Å². The molecule has 0 fully saturated rings. The fourth-order valence-corrected chi connectivity index (χ4v) is 2.87. The van der Waals surface area contributed by atoms with E-state index in [1.165, 1.54) is 9.75 Å². The monoisotopic (exact) mass is 290 g/mol. The van der Waals surface area contributed by atoms with E-state index < -0.39 is 5.97 Å². The highest BCUT2D eigenvalue weighted by Crippen LogP contribution is 2.24. The minimum Gasteiger partial charge on any atom is -0.478 e. The van der Waals surface area contributed by atoms with Gasteiger partial charge in [0.25, 0.3) is 0 Å². The van der Waals surface area contributed by atoms with Crippen LogP contribution >= 0.6 is 11.3 Å². The van der Waals surface area contributed by atoms with E-state index in [9.17, 15) is 4.79 Å². The molecule has 1 aromatic heterocycles. The largest absolute Gasteiger partial charge is 0.478 e. The van der Waals surface area contributed by atoms with E-state index in [4.69, 9.17) is 10.8 Å². The second kappa shape index (κ2) is 5.96. The van der Waals surface area contributed by atoms with Crippen LogP contribution in [0.4, 0.5) is 11.4 Å². The Labute approximate surface area is 122 Å². The number of aromatic carboxylic acids is 1. The molecule has 0 atom stereocenters. The molecular weight excluding hydrogens is 272 g/mol. The summed E-state index contributed by atoms with van der Waals surface area (Å²) in [6.45, 7) is 4.63. The van der Waals surface area contributed by atoms with Crippen molar-refractivity contribution in [1.29, 1.82) is 0 Å². The second-order valence-corrected chi connectivity index (χ2v) is 5.89. The minimum absolute atomic E-state index is 0.146. The maximum Gasteiger partial charge on any atom is 0.337 e. The molecule has 0 aliphatic heterocycles. The molecule has 0 saturated carbocycles. The summed E-state index contributed by atoms with van der Waals surface area (Å²) in [5, 5.41) is 12.4. The lowest BCUT2D eigenvalue weighted by molar-refractivity contribution is 0.0698. The smallest absolute Gasteiger partial charge is 0.337 e. The van der Waals surface area contributed by atoms with Gasteiger partial charge in [-0.15, -0.1) is 11.3 Å². The number of carbonyl (C=O) groups is 1. The van der Waals surface area contributed by atoms with Crippen LogP contribution in [0.3, 0.4) is 0 Å². The maximum atomic E-state index is 11.1. The molecule has 20 heavy (non-hydrogen) atoms. The Kier molecular flexibility index (Phi) is 4.29. The first-order valence-corrected chi connectivity index (χ1v) is 7.27. The van der Waals surface area contributed by atoms with Gasteiger partial charge in [-0.05, 0) is 43.2 Å². The Hall–Kier alpha value is -2.01. The number of hydrogen-bond donors (Lipinski definition) is 3. The van der Waals surface area contributed by atoms with Crippen LogP contribution in [0.15, 0.2) is 24.3 Å². The highest BCUT2D eigenvalue weighted by molar-refractivity contribution is 7.12. The number of aryl methyl sites for hydroxylation is 2. The molecule has 0 saturated heterocycles. The topological polar surface area (TPSA) is 75.3 Å². The van der Waals surface area contributed by atoms with Gasteiger partial charge in [-0.25, -0.2) is 4.79 Å². The number of carboxylic acid groups (broad SMARTS) is 1. The van der Waals surface area contributed by atoms with Gasteiger partial charge in [-0.3, -0.25) is 0 Å². The van der Waals surface area contributed by atoms with Crippen LogP contribution < -0.4 is 11.1 Å². The lowest BCUT2D eigenvalue weighted by Crippen LogP contribution is -2.06. The van der Waals surface area contributed by atoms with Crippen molar-refractivity contribution in [3.05, 3.63) is 45.1 Å². The maximum absolute atomic E-state index is 11.1. The van der Waals surface area contributed by atoms with Crippen LogP contribution in [0.25, 0.3) is 0 Å². The Bertz CT molecular complexity index is 635. The minimum atomic E-state index is -1.00. The standard InChI is InChI=1S/C15H18N2O2S/c1-3-11-4-5-12(20-11)8-17-10-6-9(2)14(16)13(7-10)15(18)19/h4-7,17H,3,8,16H2,1-2H3,(H,18,19). The molecule has 0 unspecified atom stereocenters. The number of nitrogens with two attached hydrogens (primary N) is 1. The van der Waals surface area contributed by atoms with Gasteiger partial charge >= 0.3 is 5.97 Å². The first-order valence-electron chi connectivity index (χ1n) is 6.46. The first-order chi connectivity index (χ1) is 9.51. The van der Waals surface area contributed by atoms with E-state index in [0.717, 1.165) is 17.7 Å². The zero-order valence-electron chi connectivity index (χ0n) is 11.6. The molecule has 0 radical (unpaired) electrons. The predicted molar refractivity (Wildman–Crippen MR) is 83.6 cm³/mol. The summed E-state index contributed by atoms with van der Waals surface area (Å²) in [7, 11) is 0. The molecule has 4 nitrogen and oxygen atoms in total. The average Bonchev–Trinajstić information content (AvgIpc) is 2.87. The van der Waals surface area contributed by atoms with Crippen LogP contribution in [0.2, 0.25) is 0 Å². The normalized spacial score (nSPS) is 10.5. The van der Waals surface area contributed by atoms with Crippen molar-refractivity contribution < 1.29 is 9.90 Å². The van der Waals surface area contributed by atoms with Crippen LogP contribution in [0.5, 0.6) is 0 Å². The van der Waals surface area contributed by atoms with Crippen LogP contribution in [-0.2, 0) is 13.0 Å². The third kappa shape index (κ3) is 3.11. The number of thiophene rings is 1. The summed E-state index contributed by atoms with van der Waals surface area (Å²) in [6, 6.07) is 7.67. The second-order valence-electron chi connectivity index (χ2n) is 4.63. The Morgan fingerprint density at radius 1 is 1.35 bits per heavy atom. The molecule has 0 aliphatic rings. The lowest BCUT2D eigenvalue weighted by Gasteiger charge is -2.10. The molecule has 2 aromatic rings. The van der Waals surface area contributed by atoms with Crippen molar-refractivity contribution >= 4 is 28.7 Å². The van der Waals surface area contributed by atoms with Crippen molar-refractivity contribution in [3.8, 4) is 0 Å². The summed E-state index contributed by atoms with van der Waals surface area (Å²) in [4.78, 5) is 13.7. The number of nitrogen functional groups attached to an aromatic ring is 1. The van der Waals surface area contributed by atoms with Gasteiger partial charge in [-0.1, -0.05) is 6.92 Å². The molecule has 1 heterocycles. The number of benzene rings is 1. The van der Waals surface area contributed by atoms with Crippen LogP contribution in [0, 0.1) is 6.92 Å². The summed E-state index contributed by atoms with van der Waals surface area (Å²) in [5.41, 5.74) is 7.80. The Morgan fingerprint density at radius 2 is 2.05 bits per heavy atom. The SMILES string of the molecule is CCc1ccc(CNc2cc(C)c(N)c(C(=O)O)c2)s1. The number of carboxylic acids is 1. The molecular formula is C15H18N2O2S. The molecule has 0 aliphatic carbocycles. The van der Waals surface area contributed by atoms with E-state index in [-0.39, 0.29) is 5.56 Å². The third-order valence-corrected chi connectivity index (χ3v) is 4.38. The van der Waals surface area contributed by atoms with Gasteiger partial charge in [0.05, 0.1) is 5.56 Å². The van der Waals surface area contributed by atoms with E-state index in [1.54, 1.807) is 17.4 Å². The van der Waals surface area contributed by atoms with Crippen molar-refractivity contribution in [1.82, 2.24) is 0 Å². The summed E-state index contributed by atoms with van der Waals surface area (Å²) in [6.07, 6.45) is 1.04. The van der Waals surface area contributed by atoms with Gasteiger partial charge in [0, 0.05) is 27.7 Å². The van der Waals surface area contributed by atoms with Crippen molar-refractivity contribution in [3.63, 3.8) is 0 Å². The van der Waals surface area contributed by atoms with Crippen molar-refractivity contribution in [2.45, 2.75) is 26.8 Å². The van der Waals surface area contributed by atoms with Gasteiger partial charge in [-0.2, -0.15) is 0 Å².